The van der Waals surface area contributed by atoms with Gasteiger partial charge in [-0.25, -0.2) is 4.79 Å². The minimum atomic E-state index is -1.24. The number of imide groups is 1. The molecule has 29 heavy (non-hydrogen) atoms. The van der Waals surface area contributed by atoms with Crippen LogP contribution in [0.1, 0.15) is 24.5 Å². The van der Waals surface area contributed by atoms with Crippen LogP contribution in [-0.2, 0) is 26.5 Å². The lowest BCUT2D eigenvalue weighted by molar-refractivity contribution is -0.385. The number of nitro groups is 1. The molecule has 1 atom stereocenters. The first-order valence-electron chi connectivity index (χ1n) is 8.96. The molecule has 0 bridgehead atoms. The number of esters is 1. The topological polar surface area (TPSA) is 119 Å². The van der Waals surface area contributed by atoms with E-state index in [0.717, 1.165) is 4.90 Å². The molecule has 1 N–H and O–H groups in total. The predicted molar refractivity (Wildman–Crippen MR) is 102 cm³/mol. The second kappa shape index (κ2) is 8.09. The second-order valence-corrected chi connectivity index (χ2v) is 6.49. The van der Waals surface area contributed by atoms with Gasteiger partial charge in [0.2, 0.25) is 0 Å². The Morgan fingerprint density at radius 1 is 1.14 bits per heavy atom. The molecular weight excluding hydrogens is 378 g/mol. The number of carbonyl (C=O) groups is 3. The van der Waals surface area contributed by atoms with Crippen LogP contribution in [0.3, 0.4) is 0 Å². The molecule has 1 fully saturated rings. The molecule has 0 aromatic heterocycles. The Kier molecular flexibility index (Phi) is 5.58. The number of hydrogen-bond acceptors (Lipinski definition) is 6. The van der Waals surface area contributed by atoms with E-state index in [1.54, 1.807) is 43.3 Å². The van der Waals surface area contributed by atoms with E-state index in [1.807, 2.05) is 0 Å². The molecule has 0 radical (unpaired) electrons. The van der Waals surface area contributed by atoms with Crippen molar-refractivity contribution in [2.75, 3.05) is 6.54 Å². The lowest BCUT2D eigenvalue weighted by Crippen LogP contribution is -2.43. The maximum absolute atomic E-state index is 13.0. The van der Waals surface area contributed by atoms with E-state index in [1.165, 1.54) is 18.2 Å². The SMILES string of the molecule is CC[C@@]1(c2ccccc2)NC(=O)N(CC(=O)OCc2ccccc2[N+](=O)[O-])C1=O. The minimum absolute atomic E-state index is 0.177. The third-order valence-corrected chi connectivity index (χ3v) is 4.84. The van der Waals surface area contributed by atoms with Gasteiger partial charge in [-0.1, -0.05) is 49.4 Å². The highest BCUT2D eigenvalue weighted by molar-refractivity contribution is 6.09. The summed E-state index contributed by atoms with van der Waals surface area (Å²) >= 11 is 0. The predicted octanol–water partition coefficient (Wildman–Crippen LogP) is 2.50. The van der Waals surface area contributed by atoms with Crippen LogP contribution < -0.4 is 5.32 Å². The zero-order valence-corrected chi connectivity index (χ0v) is 15.7. The molecule has 2 aromatic rings. The van der Waals surface area contributed by atoms with E-state index in [-0.39, 0.29) is 17.9 Å². The summed E-state index contributed by atoms with van der Waals surface area (Å²) in [4.78, 5) is 48.8. The number of nitro benzene ring substituents is 1. The number of nitrogens with zero attached hydrogens (tertiary/aromatic N) is 2. The van der Waals surface area contributed by atoms with Gasteiger partial charge in [0, 0.05) is 6.07 Å². The molecule has 1 heterocycles. The van der Waals surface area contributed by atoms with Gasteiger partial charge in [-0.15, -0.1) is 0 Å². The molecule has 0 aliphatic carbocycles. The number of rotatable bonds is 7. The summed E-state index contributed by atoms with van der Waals surface area (Å²) in [5, 5.41) is 13.7. The first-order valence-corrected chi connectivity index (χ1v) is 8.96. The van der Waals surface area contributed by atoms with Gasteiger partial charge in [-0.05, 0) is 18.1 Å². The van der Waals surface area contributed by atoms with Crippen LogP contribution in [0.5, 0.6) is 0 Å². The number of amides is 3. The van der Waals surface area contributed by atoms with Crippen molar-refractivity contribution in [1.29, 1.82) is 0 Å². The maximum atomic E-state index is 13.0. The number of hydrogen-bond donors (Lipinski definition) is 1. The number of nitrogens with one attached hydrogen (secondary N) is 1. The van der Waals surface area contributed by atoms with Gasteiger partial charge in [-0.3, -0.25) is 24.6 Å². The van der Waals surface area contributed by atoms with Gasteiger partial charge in [-0.2, -0.15) is 0 Å². The summed E-state index contributed by atoms with van der Waals surface area (Å²) in [6, 6.07) is 14.0. The number of benzene rings is 2. The number of ether oxygens (including phenoxy) is 1. The molecule has 0 spiro atoms. The third-order valence-electron chi connectivity index (χ3n) is 4.84. The Labute approximate surface area is 166 Å². The largest absolute Gasteiger partial charge is 0.459 e. The average Bonchev–Trinajstić information content (AvgIpc) is 2.98. The zero-order valence-electron chi connectivity index (χ0n) is 15.7. The van der Waals surface area contributed by atoms with Gasteiger partial charge in [0.15, 0.2) is 0 Å². The monoisotopic (exact) mass is 397 g/mol. The van der Waals surface area contributed by atoms with Crippen LogP contribution in [0, 0.1) is 10.1 Å². The highest BCUT2D eigenvalue weighted by Gasteiger charge is 2.51. The van der Waals surface area contributed by atoms with Crippen molar-refractivity contribution >= 4 is 23.6 Å². The molecule has 1 saturated heterocycles. The van der Waals surface area contributed by atoms with Crippen molar-refractivity contribution in [2.45, 2.75) is 25.5 Å². The van der Waals surface area contributed by atoms with Crippen molar-refractivity contribution in [2.24, 2.45) is 0 Å². The van der Waals surface area contributed by atoms with Crippen molar-refractivity contribution in [3.05, 3.63) is 75.8 Å². The van der Waals surface area contributed by atoms with Crippen molar-refractivity contribution < 1.29 is 24.0 Å². The molecule has 9 heteroatoms. The van der Waals surface area contributed by atoms with E-state index in [0.29, 0.717) is 12.0 Å². The molecule has 150 valence electrons. The van der Waals surface area contributed by atoms with E-state index in [9.17, 15) is 24.5 Å². The number of urea groups is 1. The number of para-hydroxylation sites is 1. The van der Waals surface area contributed by atoms with Gasteiger partial charge >= 0.3 is 12.0 Å². The lowest BCUT2D eigenvalue weighted by atomic mass is 9.87. The number of carbonyl (C=O) groups excluding carboxylic acids is 3. The highest BCUT2D eigenvalue weighted by atomic mass is 16.6. The van der Waals surface area contributed by atoms with Crippen molar-refractivity contribution in [1.82, 2.24) is 10.2 Å². The summed E-state index contributed by atoms with van der Waals surface area (Å²) in [6.07, 6.45) is 0.309. The molecule has 9 nitrogen and oxygen atoms in total. The maximum Gasteiger partial charge on any atom is 0.326 e. The Morgan fingerprint density at radius 3 is 2.45 bits per heavy atom. The fourth-order valence-corrected chi connectivity index (χ4v) is 3.28. The Morgan fingerprint density at radius 2 is 1.79 bits per heavy atom. The minimum Gasteiger partial charge on any atom is -0.459 e. The summed E-state index contributed by atoms with van der Waals surface area (Å²) in [7, 11) is 0. The highest BCUT2D eigenvalue weighted by Crippen LogP contribution is 2.32. The molecule has 0 saturated carbocycles. The van der Waals surface area contributed by atoms with Gasteiger partial charge in [0.05, 0.1) is 10.5 Å². The normalized spacial score (nSPS) is 18.4. The van der Waals surface area contributed by atoms with Crippen LogP contribution >= 0.6 is 0 Å². The van der Waals surface area contributed by atoms with Crippen molar-refractivity contribution in [3.8, 4) is 0 Å². The summed E-state index contributed by atoms with van der Waals surface area (Å²) in [5.41, 5.74) is -0.576. The molecular formula is C20H19N3O6. The van der Waals surface area contributed by atoms with Crippen LogP contribution in [0.15, 0.2) is 54.6 Å². The van der Waals surface area contributed by atoms with E-state index >= 15 is 0 Å². The molecule has 0 unspecified atom stereocenters. The molecule has 1 aliphatic heterocycles. The lowest BCUT2D eigenvalue weighted by Gasteiger charge is -2.25. The summed E-state index contributed by atoms with van der Waals surface area (Å²) < 4.78 is 5.07. The molecule has 2 aromatic carbocycles. The zero-order chi connectivity index (χ0) is 21.0. The van der Waals surface area contributed by atoms with Gasteiger partial charge < -0.3 is 10.1 Å². The first kappa shape index (κ1) is 20.0. The van der Waals surface area contributed by atoms with Crippen LogP contribution in [0.2, 0.25) is 0 Å². The van der Waals surface area contributed by atoms with E-state index in [4.69, 9.17) is 4.74 Å². The summed E-state index contributed by atoms with van der Waals surface area (Å²) in [5.74, 6) is -1.38. The standard InChI is InChI=1S/C20H19N3O6/c1-2-20(15-9-4-3-5-10-15)18(25)22(19(26)21-20)12-17(24)29-13-14-8-6-7-11-16(14)23(27)28/h3-11H,2,12-13H2,1H3,(H,21,26)/t20-/m0/s1. The van der Waals surface area contributed by atoms with Crippen LogP contribution in [0.4, 0.5) is 10.5 Å². The molecule has 3 rings (SSSR count). The fraction of sp³-hybridized carbons (Fsp3) is 0.250. The Hall–Kier alpha value is -3.75. The van der Waals surface area contributed by atoms with Crippen LogP contribution in [-0.4, -0.2) is 34.3 Å². The smallest absolute Gasteiger partial charge is 0.326 e. The molecule has 1 aliphatic rings. The third kappa shape index (κ3) is 3.79. The van der Waals surface area contributed by atoms with E-state index in [2.05, 4.69) is 5.32 Å². The van der Waals surface area contributed by atoms with Gasteiger partial charge in [0.1, 0.15) is 18.7 Å². The quantitative estimate of drug-likeness (QED) is 0.332. The van der Waals surface area contributed by atoms with Gasteiger partial charge in [0.25, 0.3) is 11.6 Å². The molecule has 3 amide bonds. The Balaban J connectivity index is 1.70. The Bertz CT molecular complexity index is 962. The first-order chi connectivity index (χ1) is 13.9. The van der Waals surface area contributed by atoms with Crippen molar-refractivity contribution in [3.63, 3.8) is 0 Å². The second-order valence-electron chi connectivity index (χ2n) is 6.49. The summed E-state index contributed by atoms with van der Waals surface area (Å²) in [6.45, 7) is 0.846. The van der Waals surface area contributed by atoms with E-state index < -0.39 is 34.9 Å². The van der Waals surface area contributed by atoms with Crippen LogP contribution in [0.25, 0.3) is 0 Å². The average molecular weight is 397 g/mol. The fourth-order valence-electron chi connectivity index (χ4n) is 3.28.